The van der Waals surface area contributed by atoms with E-state index in [0.717, 1.165) is 25.9 Å². The largest absolute Gasteiger partial charge is 0.465 e. The zero-order valence-electron chi connectivity index (χ0n) is 10.9. The van der Waals surface area contributed by atoms with Crippen molar-refractivity contribution in [2.75, 3.05) is 26.2 Å². The van der Waals surface area contributed by atoms with E-state index in [1.165, 1.54) is 6.08 Å². The lowest BCUT2D eigenvalue weighted by Crippen LogP contribution is -2.34. The first-order valence-corrected chi connectivity index (χ1v) is 6.66. The molecule has 0 aliphatic carbocycles. The van der Waals surface area contributed by atoms with Crippen LogP contribution in [0.4, 0.5) is 0 Å². The van der Waals surface area contributed by atoms with Gasteiger partial charge >= 0.3 is 0 Å². The van der Waals surface area contributed by atoms with Crippen LogP contribution in [0.3, 0.4) is 0 Å². The molecule has 1 aromatic rings. The first-order chi connectivity index (χ1) is 9.34. The number of piperidine rings is 1. The molecule has 2 heterocycles. The standard InChI is InChI=1S/C14H20N2O3/c17-14(4-3-12-2-1-10-18-12)16-9-11-19-13-5-7-15-8-6-13/h1-4,10,13,15H,5-9,11H2,(H,16,17). The van der Waals surface area contributed by atoms with Gasteiger partial charge in [-0.15, -0.1) is 0 Å². The quantitative estimate of drug-likeness (QED) is 0.598. The minimum absolute atomic E-state index is 0.134. The number of amides is 1. The lowest BCUT2D eigenvalue weighted by molar-refractivity contribution is -0.116. The van der Waals surface area contributed by atoms with E-state index in [0.29, 0.717) is 25.0 Å². The topological polar surface area (TPSA) is 63.5 Å². The first-order valence-electron chi connectivity index (χ1n) is 6.66. The Balaban J connectivity index is 1.56. The van der Waals surface area contributed by atoms with Gasteiger partial charge in [-0.05, 0) is 44.1 Å². The second kappa shape index (κ2) is 7.76. The third kappa shape index (κ3) is 5.28. The van der Waals surface area contributed by atoms with Crippen LogP contribution in [0.1, 0.15) is 18.6 Å². The summed E-state index contributed by atoms with van der Waals surface area (Å²) in [7, 11) is 0. The third-order valence-corrected chi connectivity index (χ3v) is 2.98. The van der Waals surface area contributed by atoms with Crippen LogP contribution in [-0.2, 0) is 9.53 Å². The summed E-state index contributed by atoms with van der Waals surface area (Å²) in [5.74, 6) is 0.534. The number of hydrogen-bond acceptors (Lipinski definition) is 4. The number of furan rings is 1. The molecule has 1 aromatic heterocycles. The van der Waals surface area contributed by atoms with Gasteiger partial charge in [-0.1, -0.05) is 0 Å². The van der Waals surface area contributed by atoms with Gasteiger partial charge in [-0.3, -0.25) is 4.79 Å². The molecule has 2 rings (SSSR count). The molecule has 5 nitrogen and oxygen atoms in total. The lowest BCUT2D eigenvalue weighted by Gasteiger charge is -2.22. The van der Waals surface area contributed by atoms with E-state index >= 15 is 0 Å². The fraction of sp³-hybridized carbons (Fsp3) is 0.500. The second-order valence-corrected chi connectivity index (χ2v) is 4.46. The van der Waals surface area contributed by atoms with Crippen LogP contribution in [0.25, 0.3) is 6.08 Å². The molecule has 0 atom stereocenters. The maximum atomic E-state index is 11.5. The summed E-state index contributed by atoms with van der Waals surface area (Å²) in [4.78, 5) is 11.5. The Kier molecular flexibility index (Phi) is 5.65. The highest BCUT2D eigenvalue weighted by atomic mass is 16.5. The Bertz CT molecular complexity index is 395. The van der Waals surface area contributed by atoms with E-state index in [4.69, 9.17) is 9.15 Å². The second-order valence-electron chi connectivity index (χ2n) is 4.46. The summed E-state index contributed by atoms with van der Waals surface area (Å²) in [6.07, 6.45) is 7.10. The van der Waals surface area contributed by atoms with Gasteiger partial charge in [0.25, 0.3) is 0 Å². The Morgan fingerprint density at radius 3 is 3.11 bits per heavy atom. The van der Waals surface area contributed by atoms with Crippen LogP contribution in [0.5, 0.6) is 0 Å². The summed E-state index contributed by atoms with van der Waals surface area (Å²) in [6.45, 7) is 3.13. The number of rotatable bonds is 6. The summed E-state index contributed by atoms with van der Waals surface area (Å²) >= 11 is 0. The Morgan fingerprint density at radius 2 is 2.37 bits per heavy atom. The Hall–Kier alpha value is -1.59. The number of carbonyl (C=O) groups excluding carboxylic acids is 1. The maximum absolute atomic E-state index is 11.5. The molecule has 19 heavy (non-hydrogen) atoms. The average Bonchev–Trinajstić information content (AvgIpc) is 2.96. The van der Waals surface area contributed by atoms with Gasteiger partial charge in [0.2, 0.25) is 5.91 Å². The van der Waals surface area contributed by atoms with E-state index in [2.05, 4.69) is 10.6 Å². The van der Waals surface area contributed by atoms with E-state index in [-0.39, 0.29) is 5.91 Å². The Labute approximate surface area is 113 Å². The van der Waals surface area contributed by atoms with Crippen molar-refractivity contribution in [1.82, 2.24) is 10.6 Å². The fourth-order valence-corrected chi connectivity index (χ4v) is 1.96. The number of nitrogens with one attached hydrogen (secondary N) is 2. The van der Waals surface area contributed by atoms with Gasteiger partial charge in [0.15, 0.2) is 0 Å². The van der Waals surface area contributed by atoms with Crippen molar-refractivity contribution in [3.05, 3.63) is 30.2 Å². The molecular formula is C14H20N2O3. The molecule has 0 aromatic carbocycles. The van der Waals surface area contributed by atoms with Crippen LogP contribution in [0, 0.1) is 0 Å². The molecule has 2 N–H and O–H groups in total. The zero-order valence-corrected chi connectivity index (χ0v) is 10.9. The van der Waals surface area contributed by atoms with Gasteiger partial charge < -0.3 is 19.8 Å². The van der Waals surface area contributed by atoms with Crippen molar-refractivity contribution < 1.29 is 13.9 Å². The summed E-state index contributed by atoms with van der Waals surface area (Å²) in [5.41, 5.74) is 0. The molecule has 1 amide bonds. The molecule has 0 spiro atoms. The van der Waals surface area contributed by atoms with Crippen molar-refractivity contribution in [3.8, 4) is 0 Å². The minimum Gasteiger partial charge on any atom is -0.465 e. The normalized spacial score (nSPS) is 16.8. The SMILES string of the molecule is O=C(C=Cc1ccco1)NCCOC1CCNCC1. The number of hydrogen-bond donors (Lipinski definition) is 2. The number of carbonyl (C=O) groups is 1. The minimum atomic E-state index is -0.134. The molecule has 104 valence electrons. The van der Waals surface area contributed by atoms with E-state index in [1.807, 2.05) is 0 Å². The molecule has 0 bridgehead atoms. The molecule has 1 saturated heterocycles. The number of ether oxygens (including phenoxy) is 1. The van der Waals surface area contributed by atoms with Gasteiger partial charge in [0.1, 0.15) is 5.76 Å². The van der Waals surface area contributed by atoms with E-state index < -0.39 is 0 Å². The van der Waals surface area contributed by atoms with Gasteiger partial charge in [0, 0.05) is 12.6 Å². The lowest BCUT2D eigenvalue weighted by atomic mass is 10.1. The highest BCUT2D eigenvalue weighted by molar-refractivity contribution is 5.91. The highest BCUT2D eigenvalue weighted by Crippen LogP contribution is 2.06. The molecule has 5 heteroatoms. The van der Waals surface area contributed by atoms with Crippen molar-refractivity contribution in [2.45, 2.75) is 18.9 Å². The molecular weight excluding hydrogens is 244 g/mol. The maximum Gasteiger partial charge on any atom is 0.244 e. The van der Waals surface area contributed by atoms with Crippen LogP contribution in [0.15, 0.2) is 28.9 Å². The molecule has 0 unspecified atom stereocenters. The van der Waals surface area contributed by atoms with Crippen LogP contribution in [0.2, 0.25) is 0 Å². The summed E-state index contributed by atoms with van der Waals surface area (Å²) < 4.78 is 10.8. The molecule has 1 fully saturated rings. The van der Waals surface area contributed by atoms with Crippen LogP contribution >= 0.6 is 0 Å². The molecule has 0 saturated carbocycles. The highest BCUT2D eigenvalue weighted by Gasteiger charge is 2.12. The average molecular weight is 264 g/mol. The van der Waals surface area contributed by atoms with Crippen molar-refractivity contribution in [1.29, 1.82) is 0 Å². The van der Waals surface area contributed by atoms with E-state index in [9.17, 15) is 4.79 Å². The van der Waals surface area contributed by atoms with Crippen LogP contribution in [-0.4, -0.2) is 38.3 Å². The monoisotopic (exact) mass is 264 g/mol. The van der Waals surface area contributed by atoms with E-state index in [1.54, 1.807) is 24.5 Å². The summed E-state index contributed by atoms with van der Waals surface area (Å²) in [5, 5.41) is 6.06. The van der Waals surface area contributed by atoms with Gasteiger partial charge in [-0.2, -0.15) is 0 Å². The van der Waals surface area contributed by atoms with Crippen molar-refractivity contribution >= 4 is 12.0 Å². The molecule has 1 aliphatic heterocycles. The first kappa shape index (κ1) is 13.8. The summed E-state index contributed by atoms with van der Waals surface area (Å²) in [6, 6.07) is 3.58. The molecule has 1 aliphatic rings. The zero-order chi connectivity index (χ0) is 13.3. The van der Waals surface area contributed by atoms with Gasteiger partial charge in [0.05, 0.1) is 19.0 Å². The van der Waals surface area contributed by atoms with Crippen molar-refractivity contribution in [2.24, 2.45) is 0 Å². The third-order valence-electron chi connectivity index (χ3n) is 2.98. The Morgan fingerprint density at radius 1 is 1.53 bits per heavy atom. The molecule has 0 radical (unpaired) electrons. The van der Waals surface area contributed by atoms with Crippen LogP contribution < -0.4 is 10.6 Å². The predicted octanol–water partition coefficient (Wildman–Crippen LogP) is 1.18. The smallest absolute Gasteiger partial charge is 0.244 e. The fourth-order valence-electron chi connectivity index (χ4n) is 1.96. The van der Waals surface area contributed by atoms with Crippen molar-refractivity contribution in [3.63, 3.8) is 0 Å². The van der Waals surface area contributed by atoms with Gasteiger partial charge in [-0.25, -0.2) is 0 Å². The predicted molar refractivity (Wildman–Crippen MR) is 72.6 cm³/mol.